The predicted octanol–water partition coefficient (Wildman–Crippen LogP) is 2.67. The van der Waals surface area contributed by atoms with E-state index in [-0.39, 0.29) is 0 Å². The van der Waals surface area contributed by atoms with Crippen molar-refractivity contribution in [2.45, 2.75) is 32.1 Å². The molecule has 0 amide bonds. The van der Waals surface area contributed by atoms with E-state index in [0.29, 0.717) is 11.8 Å². The highest BCUT2D eigenvalue weighted by Gasteiger charge is 2.21. The standard InChI is InChI=1S/C13H20N2/c1-9(2)11-4-3-5-12-10(8-14)6-7-15-13(11)12/h3-5,9-10,15H,6-8,14H2,1-2H3. The van der Waals surface area contributed by atoms with Gasteiger partial charge in [-0.1, -0.05) is 32.0 Å². The SMILES string of the molecule is CC(C)c1cccc2c1NCCC2CN. The zero-order valence-electron chi connectivity index (χ0n) is 9.59. The monoisotopic (exact) mass is 204 g/mol. The van der Waals surface area contributed by atoms with Gasteiger partial charge >= 0.3 is 0 Å². The van der Waals surface area contributed by atoms with Crippen LogP contribution in [0.1, 0.15) is 43.2 Å². The van der Waals surface area contributed by atoms with E-state index < -0.39 is 0 Å². The van der Waals surface area contributed by atoms with Crippen molar-refractivity contribution >= 4 is 5.69 Å². The van der Waals surface area contributed by atoms with Gasteiger partial charge in [0.1, 0.15) is 0 Å². The lowest BCUT2D eigenvalue weighted by Gasteiger charge is -2.28. The normalized spacial score (nSPS) is 19.9. The Morgan fingerprint density at radius 3 is 2.93 bits per heavy atom. The third-order valence-corrected chi connectivity index (χ3v) is 3.27. The first-order chi connectivity index (χ1) is 7.24. The van der Waals surface area contributed by atoms with E-state index in [1.165, 1.54) is 16.8 Å². The van der Waals surface area contributed by atoms with Crippen molar-refractivity contribution in [2.75, 3.05) is 18.4 Å². The van der Waals surface area contributed by atoms with Gasteiger partial charge in [-0.05, 0) is 35.9 Å². The molecule has 2 rings (SSSR count). The van der Waals surface area contributed by atoms with Crippen LogP contribution in [0.2, 0.25) is 0 Å². The van der Waals surface area contributed by atoms with Gasteiger partial charge < -0.3 is 11.1 Å². The number of hydrogen-bond donors (Lipinski definition) is 2. The minimum atomic E-state index is 0.542. The summed E-state index contributed by atoms with van der Waals surface area (Å²) >= 11 is 0. The maximum absolute atomic E-state index is 5.82. The van der Waals surface area contributed by atoms with Crippen LogP contribution in [0, 0.1) is 0 Å². The highest BCUT2D eigenvalue weighted by molar-refractivity contribution is 5.61. The Morgan fingerprint density at radius 2 is 2.27 bits per heavy atom. The van der Waals surface area contributed by atoms with Gasteiger partial charge in [-0.15, -0.1) is 0 Å². The molecule has 0 aromatic heterocycles. The fourth-order valence-electron chi connectivity index (χ4n) is 2.39. The van der Waals surface area contributed by atoms with Crippen LogP contribution < -0.4 is 11.1 Å². The number of hydrogen-bond acceptors (Lipinski definition) is 2. The minimum absolute atomic E-state index is 0.542. The zero-order chi connectivity index (χ0) is 10.8. The summed E-state index contributed by atoms with van der Waals surface area (Å²) in [5.41, 5.74) is 9.99. The molecule has 2 heteroatoms. The van der Waals surface area contributed by atoms with Crippen LogP contribution in [0.3, 0.4) is 0 Å². The number of anilines is 1. The first-order valence-corrected chi connectivity index (χ1v) is 5.80. The second-order valence-electron chi connectivity index (χ2n) is 4.61. The summed E-state index contributed by atoms with van der Waals surface area (Å²) in [6.45, 7) is 6.29. The van der Waals surface area contributed by atoms with Crippen molar-refractivity contribution in [1.29, 1.82) is 0 Å². The van der Waals surface area contributed by atoms with E-state index in [1.807, 2.05) is 0 Å². The van der Waals surface area contributed by atoms with Crippen molar-refractivity contribution in [3.63, 3.8) is 0 Å². The zero-order valence-corrected chi connectivity index (χ0v) is 9.59. The van der Waals surface area contributed by atoms with E-state index >= 15 is 0 Å². The highest BCUT2D eigenvalue weighted by atomic mass is 14.9. The molecule has 0 aliphatic carbocycles. The van der Waals surface area contributed by atoms with Crippen molar-refractivity contribution in [2.24, 2.45) is 5.73 Å². The molecule has 1 unspecified atom stereocenters. The first-order valence-electron chi connectivity index (χ1n) is 5.80. The Labute approximate surface area is 91.9 Å². The van der Waals surface area contributed by atoms with Gasteiger partial charge in [0.05, 0.1) is 0 Å². The van der Waals surface area contributed by atoms with Crippen molar-refractivity contribution in [3.05, 3.63) is 29.3 Å². The fourth-order valence-corrected chi connectivity index (χ4v) is 2.39. The summed E-state index contributed by atoms with van der Waals surface area (Å²) in [6, 6.07) is 6.59. The summed E-state index contributed by atoms with van der Waals surface area (Å²) in [4.78, 5) is 0. The van der Waals surface area contributed by atoms with Gasteiger partial charge in [0.2, 0.25) is 0 Å². The average molecular weight is 204 g/mol. The summed E-state index contributed by atoms with van der Waals surface area (Å²) in [7, 11) is 0. The number of nitrogens with two attached hydrogens (primary N) is 1. The van der Waals surface area contributed by atoms with Gasteiger partial charge in [0, 0.05) is 12.2 Å². The average Bonchev–Trinajstić information content (AvgIpc) is 2.27. The lowest BCUT2D eigenvalue weighted by molar-refractivity contribution is 0.633. The van der Waals surface area contributed by atoms with Crippen LogP contribution in [-0.4, -0.2) is 13.1 Å². The molecule has 0 spiro atoms. The smallest absolute Gasteiger partial charge is 0.0411 e. The van der Waals surface area contributed by atoms with E-state index in [1.54, 1.807) is 0 Å². The Balaban J connectivity index is 2.46. The van der Waals surface area contributed by atoms with Gasteiger partial charge in [0.15, 0.2) is 0 Å². The molecule has 2 nitrogen and oxygen atoms in total. The van der Waals surface area contributed by atoms with Crippen LogP contribution in [0.4, 0.5) is 5.69 Å². The molecule has 0 saturated heterocycles. The summed E-state index contributed by atoms with van der Waals surface area (Å²) < 4.78 is 0. The summed E-state index contributed by atoms with van der Waals surface area (Å²) in [5.74, 6) is 1.11. The molecule has 0 bridgehead atoms. The third kappa shape index (κ3) is 1.86. The molecule has 1 aromatic carbocycles. The van der Waals surface area contributed by atoms with Crippen LogP contribution in [-0.2, 0) is 0 Å². The van der Waals surface area contributed by atoms with Gasteiger partial charge in [-0.2, -0.15) is 0 Å². The fraction of sp³-hybridized carbons (Fsp3) is 0.538. The van der Waals surface area contributed by atoms with E-state index in [9.17, 15) is 0 Å². The maximum Gasteiger partial charge on any atom is 0.0411 e. The number of fused-ring (bicyclic) bond motifs is 1. The first kappa shape index (κ1) is 10.5. The van der Waals surface area contributed by atoms with Gasteiger partial charge in [-0.3, -0.25) is 0 Å². The molecule has 1 aromatic rings. The number of rotatable bonds is 2. The summed E-state index contributed by atoms with van der Waals surface area (Å²) in [6.07, 6.45) is 1.16. The molecule has 0 fully saturated rings. The number of para-hydroxylation sites is 1. The Bertz CT molecular complexity index is 344. The topological polar surface area (TPSA) is 38.0 Å². The summed E-state index contributed by atoms with van der Waals surface area (Å²) in [5, 5.41) is 3.52. The minimum Gasteiger partial charge on any atom is -0.385 e. The lowest BCUT2D eigenvalue weighted by Crippen LogP contribution is -2.23. The molecule has 1 atom stereocenters. The molecular formula is C13H20N2. The molecule has 15 heavy (non-hydrogen) atoms. The van der Waals surface area contributed by atoms with Gasteiger partial charge in [-0.25, -0.2) is 0 Å². The van der Waals surface area contributed by atoms with Crippen molar-refractivity contribution < 1.29 is 0 Å². The quantitative estimate of drug-likeness (QED) is 0.777. The van der Waals surface area contributed by atoms with Crippen LogP contribution in [0.15, 0.2) is 18.2 Å². The highest BCUT2D eigenvalue weighted by Crippen LogP contribution is 2.36. The molecule has 3 N–H and O–H groups in total. The van der Waals surface area contributed by atoms with Crippen LogP contribution in [0.25, 0.3) is 0 Å². The van der Waals surface area contributed by atoms with Crippen LogP contribution >= 0.6 is 0 Å². The Hall–Kier alpha value is -1.02. The van der Waals surface area contributed by atoms with E-state index in [0.717, 1.165) is 19.5 Å². The lowest BCUT2D eigenvalue weighted by atomic mass is 9.87. The second kappa shape index (κ2) is 4.23. The van der Waals surface area contributed by atoms with Gasteiger partial charge in [0.25, 0.3) is 0 Å². The van der Waals surface area contributed by atoms with Crippen molar-refractivity contribution in [1.82, 2.24) is 0 Å². The molecule has 1 heterocycles. The van der Waals surface area contributed by atoms with E-state index in [2.05, 4.69) is 37.4 Å². The number of nitrogens with one attached hydrogen (secondary N) is 1. The number of benzene rings is 1. The third-order valence-electron chi connectivity index (χ3n) is 3.27. The van der Waals surface area contributed by atoms with E-state index in [4.69, 9.17) is 5.73 Å². The molecule has 1 aliphatic heterocycles. The molecule has 1 aliphatic rings. The maximum atomic E-state index is 5.82. The van der Waals surface area contributed by atoms with Crippen LogP contribution in [0.5, 0.6) is 0 Å². The Kier molecular flexibility index (Phi) is 2.96. The second-order valence-corrected chi connectivity index (χ2v) is 4.61. The molecule has 0 saturated carbocycles. The molecule has 82 valence electrons. The largest absolute Gasteiger partial charge is 0.385 e. The molecule has 0 radical (unpaired) electrons. The van der Waals surface area contributed by atoms with Crippen molar-refractivity contribution in [3.8, 4) is 0 Å². The molecular weight excluding hydrogens is 184 g/mol. The Morgan fingerprint density at radius 1 is 1.47 bits per heavy atom. The predicted molar refractivity (Wildman–Crippen MR) is 65.4 cm³/mol.